The number of rotatable bonds is 9. The normalized spacial score (nSPS) is 14.0. The molecule has 1 aliphatic heterocycles. The van der Waals surface area contributed by atoms with Gasteiger partial charge in [-0.25, -0.2) is 4.79 Å². The van der Waals surface area contributed by atoms with Crippen molar-refractivity contribution in [1.82, 2.24) is 4.90 Å². The molecule has 1 heterocycles. The van der Waals surface area contributed by atoms with Crippen molar-refractivity contribution in [2.75, 3.05) is 26.1 Å². The maximum Gasteiger partial charge on any atom is 0.340 e. The Morgan fingerprint density at radius 3 is 2.18 bits per heavy atom. The number of carbonyl (C=O) groups excluding carboxylic acids is 3. The number of benzene rings is 3. The monoisotopic (exact) mass is 512 g/mol. The van der Waals surface area contributed by atoms with Crippen molar-refractivity contribution in [3.63, 3.8) is 0 Å². The molecular weight excluding hydrogens is 484 g/mol. The van der Waals surface area contributed by atoms with Crippen LogP contribution in [0.15, 0.2) is 95.7 Å². The van der Waals surface area contributed by atoms with Crippen LogP contribution >= 0.6 is 0 Å². The summed E-state index contributed by atoms with van der Waals surface area (Å²) in [5, 5.41) is 2.76. The average molecular weight is 513 g/mol. The van der Waals surface area contributed by atoms with Gasteiger partial charge in [0.05, 0.1) is 31.9 Å². The van der Waals surface area contributed by atoms with E-state index in [1.54, 1.807) is 61.4 Å². The lowest BCUT2D eigenvalue weighted by molar-refractivity contribution is -0.136. The first kappa shape index (κ1) is 26.2. The van der Waals surface area contributed by atoms with Crippen molar-refractivity contribution in [2.45, 2.75) is 13.5 Å². The Kier molecular flexibility index (Phi) is 8.23. The highest BCUT2D eigenvalue weighted by Crippen LogP contribution is 2.33. The number of methoxy groups -OCH3 is 2. The minimum absolute atomic E-state index is 0.150. The number of nitrogens with zero attached hydrogens (tertiary/aromatic N) is 1. The zero-order chi connectivity index (χ0) is 27.1. The van der Waals surface area contributed by atoms with Gasteiger partial charge in [-0.15, -0.1) is 0 Å². The molecule has 0 bridgehead atoms. The van der Waals surface area contributed by atoms with Crippen molar-refractivity contribution >= 4 is 29.5 Å². The van der Waals surface area contributed by atoms with Gasteiger partial charge >= 0.3 is 5.97 Å². The molecule has 8 heteroatoms. The lowest BCUT2D eigenvalue weighted by atomic mass is 10.0. The smallest absolute Gasteiger partial charge is 0.340 e. The van der Waals surface area contributed by atoms with E-state index in [9.17, 15) is 14.4 Å². The van der Waals surface area contributed by atoms with Gasteiger partial charge < -0.3 is 24.4 Å². The Hall–Kier alpha value is -4.85. The first-order valence-electron chi connectivity index (χ1n) is 11.9. The van der Waals surface area contributed by atoms with Gasteiger partial charge in [0.2, 0.25) is 0 Å². The predicted octanol–water partition coefficient (Wildman–Crippen LogP) is 4.59. The zero-order valence-electron chi connectivity index (χ0n) is 21.4. The summed E-state index contributed by atoms with van der Waals surface area (Å²) in [5.74, 6) is 0.0579. The SMILES string of the molecule is COC(=O)C1=C(C)N(Cc2ccc(OC)cc2)C(=O)/C1=C\c1ccc(OCC(=O)Nc2ccccc2)cc1. The summed E-state index contributed by atoms with van der Waals surface area (Å²) in [6, 6.07) is 23.4. The van der Waals surface area contributed by atoms with E-state index in [4.69, 9.17) is 14.2 Å². The second-order valence-electron chi connectivity index (χ2n) is 8.52. The van der Waals surface area contributed by atoms with E-state index < -0.39 is 5.97 Å². The Labute approximate surface area is 221 Å². The van der Waals surface area contributed by atoms with E-state index in [1.165, 1.54) is 7.11 Å². The average Bonchev–Trinajstić information content (AvgIpc) is 3.17. The lowest BCUT2D eigenvalue weighted by Crippen LogP contribution is -2.24. The molecule has 8 nitrogen and oxygen atoms in total. The third kappa shape index (κ3) is 6.10. The quantitative estimate of drug-likeness (QED) is 0.333. The fourth-order valence-electron chi connectivity index (χ4n) is 4.03. The van der Waals surface area contributed by atoms with E-state index >= 15 is 0 Å². The van der Waals surface area contributed by atoms with Gasteiger partial charge in [-0.1, -0.05) is 42.5 Å². The molecule has 0 unspecified atom stereocenters. The Balaban J connectivity index is 1.48. The van der Waals surface area contributed by atoms with Crippen LogP contribution in [0.5, 0.6) is 11.5 Å². The third-order valence-electron chi connectivity index (χ3n) is 6.02. The van der Waals surface area contributed by atoms with Crippen LogP contribution in [0.4, 0.5) is 5.69 Å². The number of hydrogen-bond acceptors (Lipinski definition) is 6. The molecule has 1 aliphatic rings. The van der Waals surface area contributed by atoms with Gasteiger partial charge in [0.25, 0.3) is 11.8 Å². The van der Waals surface area contributed by atoms with Crippen molar-refractivity contribution in [1.29, 1.82) is 0 Å². The molecule has 3 aromatic carbocycles. The fourth-order valence-corrected chi connectivity index (χ4v) is 4.03. The van der Waals surface area contributed by atoms with Gasteiger partial charge in [-0.2, -0.15) is 0 Å². The molecule has 1 N–H and O–H groups in total. The molecule has 194 valence electrons. The summed E-state index contributed by atoms with van der Waals surface area (Å²) >= 11 is 0. The number of carbonyl (C=O) groups is 3. The van der Waals surface area contributed by atoms with Crippen molar-refractivity contribution in [2.24, 2.45) is 0 Å². The van der Waals surface area contributed by atoms with Crippen LogP contribution in [-0.4, -0.2) is 43.5 Å². The van der Waals surface area contributed by atoms with Crippen LogP contribution < -0.4 is 14.8 Å². The zero-order valence-corrected chi connectivity index (χ0v) is 21.4. The van der Waals surface area contributed by atoms with Crippen molar-refractivity contribution in [3.05, 3.63) is 107 Å². The topological polar surface area (TPSA) is 94.2 Å². The van der Waals surface area contributed by atoms with E-state index in [1.807, 2.05) is 42.5 Å². The summed E-state index contributed by atoms with van der Waals surface area (Å²) in [4.78, 5) is 39.7. The summed E-state index contributed by atoms with van der Waals surface area (Å²) in [6.45, 7) is 1.87. The highest BCUT2D eigenvalue weighted by molar-refractivity contribution is 6.16. The molecule has 0 atom stereocenters. The van der Waals surface area contributed by atoms with Gasteiger partial charge in [-0.05, 0) is 60.5 Å². The minimum atomic E-state index is -0.580. The van der Waals surface area contributed by atoms with Gasteiger partial charge in [0, 0.05) is 11.4 Å². The van der Waals surface area contributed by atoms with Crippen molar-refractivity contribution < 1.29 is 28.6 Å². The largest absolute Gasteiger partial charge is 0.497 e. The molecule has 38 heavy (non-hydrogen) atoms. The van der Waals surface area contributed by atoms with E-state index in [0.717, 1.165) is 5.56 Å². The molecule has 0 aromatic heterocycles. The first-order chi connectivity index (χ1) is 18.4. The molecular formula is C30H28N2O6. The van der Waals surface area contributed by atoms with Crippen LogP contribution in [0, 0.1) is 0 Å². The Bertz CT molecular complexity index is 1380. The third-order valence-corrected chi connectivity index (χ3v) is 6.02. The minimum Gasteiger partial charge on any atom is -0.497 e. The number of hydrogen-bond donors (Lipinski definition) is 1. The maximum absolute atomic E-state index is 13.4. The van der Waals surface area contributed by atoms with Crippen LogP contribution in [0.25, 0.3) is 6.08 Å². The lowest BCUT2D eigenvalue weighted by Gasteiger charge is -2.18. The number of allylic oxidation sites excluding steroid dienone is 1. The highest BCUT2D eigenvalue weighted by Gasteiger charge is 2.37. The predicted molar refractivity (Wildman–Crippen MR) is 143 cm³/mol. The van der Waals surface area contributed by atoms with Gasteiger partial charge in [-0.3, -0.25) is 9.59 Å². The number of esters is 1. The number of para-hydroxylation sites is 1. The summed E-state index contributed by atoms with van der Waals surface area (Å²) in [7, 11) is 2.88. The number of amides is 2. The van der Waals surface area contributed by atoms with Gasteiger partial charge in [0.1, 0.15) is 11.5 Å². The Morgan fingerprint density at radius 2 is 1.55 bits per heavy atom. The summed E-state index contributed by atoms with van der Waals surface area (Å²) in [6.07, 6.45) is 1.65. The number of nitrogens with one attached hydrogen (secondary N) is 1. The number of anilines is 1. The standard InChI is InChI=1S/C30H28N2O6/c1-20-28(30(35)37-3)26(29(34)32(20)18-22-11-13-24(36-2)14-12-22)17-21-9-15-25(16-10-21)38-19-27(33)31-23-7-5-4-6-8-23/h4-17H,18-19H2,1-3H3,(H,31,33)/b26-17-. The molecule has 3 aromatic rings. The van der Waals surface area contributed by atoms with E-state index in [0.29, 0.717) is 35.0 Å². The highest BCUT2D eigenvalue weighted by atomic mass is 16.5. The number of ether oxygens (including phenoxy) is 3. The fraction of sp³-hybridized carbons (Fsp3) is 0.167. The molecule has 4 rings (SSSR count). The van der Waals surface area contributed by atoms with Crippen LogP contribution in [0.3, 0.4) is 0 Å². The maximum atomic E-state index is 13.4. The molecule has 0 spiro atoms. The molecule has 0 saturated carbocycles. The molecule has 0 radical (unpaired) electrons. The van der Waals surface area contributed by atoms with Gasteiger partial charge in [0.15, 0.2) is 6.61 Å². The first-order valence-corrected chi connectivity index (χ1v) is 11.9. The van der Waals surface area contributed by atoms with Crippen LogP contribution in [-0.2, 0) is 25.7 Å². The van der Waals surface area contributed by atoms with Crippen LogP contribution in [0.2, 0.25) is 0 Å². The summed E-state index contributed by atoms with van der Waals surface area (Å²) in [5.41, 5.74) is 3.27. The molecule has 2 amide bonds. The second kappa shape index (κ2) is 11.9. The molecule has 0 fully saturated rings. The van der Waals surface area contributed by atoms with E-state index in [-0.39, 0.29) is 29.6 Å². The molecule has 0 aliphatic carbocycles. The van der Waals surface area contributed by atoms with Crippen LogP contribution in [0.1, 0.15) is 18.1 Å². The van der Waals surface area contributed by atoms with E-state index in [2.05, 4.69) is 5.32 Å². The van der Waals surface area contributed by atoms with Crippen molar-refractivity contribution in [3.8, 4) is 11.5 Å². The second-order valence-corrected chi connectivity index (χ2v) is 8.52. The summed E-state index contributed by atoms with van der Waals surface area (Å²) < 4.78 is 15.8. The molecule has 0 saturated heterocycles. The Morgan fingerprint density at radius 1 is 0.895 bits per heavy atom.